The maximum Gasteiger partial charge on any atom is 0.0930 e. The summed E-state index contributed by atoms with van der Waals surface area (Å²) in [6.07, 6.45) is 6.05. The van der Waals surface area contributed by atoms with Gasteiger partial charge >= 0.3 is 0 Å². The van der Waals surface area contributed by atoms with Gasteiger partial charge in [-0.1, -0.05) is 0 Å². The molecule has 2 rings (SSSR count). The average Bonchev–Trinajstić information content (AvgIpc) is 2.68. The summed E-state index contributed by atoms with van der Waals surface area (Å²) < 4.78 is 5.33. The first kappa shape index (κ1) is 11.0. The highest BCUT2D eigenvalue weighted by Crippen LogP contribution is 2.23. The molecule has 0 aromatic carbocycles. The van der Waals surface area contributed by atoms with Crippen molar-refractivity contribution < 1.29 is 9.84 Å². The summed E-state index contributed by atoms with van der Waals surface area (Å²) in [5.41, 5.74) is 0. The normalized spacial score (nSPS) is 18.2. The molecule has 1 N–H and O–H groups in total. The summed E-state index contributed by atoms with van der Waals surface area (Å²) in [6.45, 7) is 2.03. The van der Waals surface area contributed by atoms with Gasteiger partial charge < -0.3 is 9.84 Å². The van der Waals surface area contributed by atoms with Crippen LogP contribution in [0, 0.1) is 5.92 Å². The van der Waals surface area contributed by atoms with E-state index in [4.69, 9.17) is 9.84 Å². The van der Waals surface area contributed by atoms with Crippen molar-refractivity contribution in [1.82, 2.24) is 4.98 Å². The number of ether oxygens (including phenoxy) is 1. The van der Waals surface area contributed by atoms with Crippen molar-refractivity contribution in [2.75, 3.05) is 19.8 Å². The number of rotatable bonds is 4. The lowest BCUT2D eigenvalue weighted by atomic mass is 9.97. The Bertz CT molecular complexity index is 295. The maximum atomic E-state index is 8.81. The molecular weight excluding hydrogens is 210 g/mol. The lowest BCUT2D eigenvalue weighted by Crippen LogP contribution is -2.17. The van der Waals surface area contributed by atoms with E-state index in [9.17, 15) is 0 Å². The quantitative estimate of drug-likeness (QED) is 0.850. The van der Waals surface area contributed by atoms with E-state index in [-0.39, 0.29) is 6.61 Å². The Balaban J connectivity index is 1.86. The first-order valence-electron chi connectivity index (χ1n) is 5.50. The number of thiazole rings is 1. The van der Waals surface area contributed by atoms with Crippen LogP contribution >= 0.6 is 11.3 Å². The zero-order chi connectivity index (χ0) is 10.5. The van der Waals surface area contributed by atoms with Gasteiger partial charge in [0.15, 0.2) is 0 Å². The molecule has 1 fully saturated rings. The van der Waals surface area contributed by atoms with E-state index in [1.54, 1.807) is 11.3 Å². The van der Waals surface area contributed by atoms with Gasteiger partial charge in [-0.3, -0.25) is 0 Å². The van der Waals surface area contributed by atoms with Crippen LogP contribution in [0.3, 0.4) is 0 Å². The molecule has 1 aliphatic heterocycles. The summed E-state index contributed by atoms with van der Waals surface area (Å²) in [6, 6.07) is 0. The molecule has 0 aliphatic carbocycles. The van der Waals surface area contributed by atoms with Gasteiger partial charge in [0.1, 0.15) is 0 Å². The Labute approximate surface area is 94.1 Å². The van der Waals surface area contributed by atoms with E-state index in [1.165, 1.54) is 9.88 Å². The fourth-order valence-electron chi connectivity index (χ4n) is 1.87. The molecule has 0 unspecified atom stereocenters. The van der Waals surface area contributed by atoms with Gasteiger partial charge in [0.05, 0.1) is 5.01 Å². The molecule has 0 amide bonds. The minimum atomic E-state index is 0.221. The molecule has 0 saturated carbocycles. The van der Waals surface area contributed by atoms with E-state index in [2.05, 4.69) is 4.98 Å². The summed E-state index contributed by atoms with van der Waals surface area (Å²) in [5, 5.41) is 10.0. The lowest BCUT2D eigenvalue weighted by Gasteiger charge is -2.20. The zero-order valence-corrected chi connectivity index (χ0v) is 9.63. The van der Waals surface area contributed by atoms with Crippen LogP contribution in [-0.4, -0.2) is 29.9 Å². The van der Waals surface area contributed by atoms with E-state index < -0.39 is 0 Å². The third-order valence-corrected chi connectivity index (χ3v) is 3.84. The van der Waals surface area contributed by atoms with Gasteiger partial charge in [-0.2, -0.15) is 0 Å². The standard InChI is InChI=1S/C11H17NO2S/c13-4-1-10-8-12-11(15-10)7-9-2-5-14-6-3-9/h8-9,13H,1-7H2. The van der Waals surface area contributed by atoms with Crippen molar-refractivity contribution in [2.24, 2.45) is 5.92 Å². The maximum absolute atomic E-state index is 8.81. The van der Waals surface area contributed by atoms with E-state index in [0.717, 1.165) is 44.8 Å². The highest BCUT2D eigenvalue weighted by molar-refractivity contribution is 7.11. The zero-order valence-electron chi connectivity index (χ0n) is 8.82. The highest BCUT2D eigenvalue weighted by Gasteiger charge is 2.15. The molecule has 0 spiro atoms. The molecule has 2 heterocycles. The lowest BCUT2D eigenvalue weighted by molar-refractivity contribution is 0.0665. The highest BCUT2D eigenvalue weighted by atomic mass is 32.1. The van der Waals surface area contributed by atoms with E-state index in [1.807, 2.05) is 6.20 Å². The van der Waals surface area contributed by atoms with Gasteiger partial charge in [0.2, 0.25) is 0 Å². The molecule has 84 valence electrons. The van der Waals surface area contributed by atoms with Crippen LogP contribution in [0.4, 0.5) is 0 Å². The van der Waals surface area contributed by atoms with Crippen LogP contribution in [-0.2, 0) is 17.6 Å². The minimum absolute atomic E-state index is 0.221. The second-order valence-electron chi connectivity index (χ2n) is 3.95. The van der Waals surface area contributed by atoms with Crippen LogP contribution in [0.5, 0.6) is 0 Å². The summed E-state index contributed by atoms with van der Waals surface area (Å²) in [7, 11) is 0. The third-order valence-electron chi connectivity index (χ3n) is 2.76. The van der Waals surface area contributed by atoms with Gasteiger partial charge in [-0.05, 0) is 18.8 Å². The van der Waals surface area contributed by atoms with Crippen molar-refractivity contribution >= 4 is 11.3 Å². The van der Waals surface area contributed by atoms with Crippen LogP contribution in [0.25, 0.3) is 0 Å². The molecule has 0 radical (unpaired) electrons. The van der Waals surface area contributed by atoms with Gasteiger partial charge in [0.25, 0.3) is 0 Å². The van der Waals surface area contributed by atoms with Gasteiger partial charge in [-0.25, -0.2) is 4.98 Å². The Morgan fingerprint density at radius 2 is 2.27 bits per heavy atom. The number of nitrogens with zero attached hydrogens (tertiary/aromatic N) is 1. The third kappa shape index (κ3) is 3.26. The molecule has 1 saturated heterocycles. The summed E-state index contributed by atoms with van der Waals surface area (Å²) in [4.78, 5) is 5.59. The number of aromatic nitrogens is 1. The Morgan fingerprint density at radius 3 is 3.00 bits per heavy atom. The Hall–Kier alpha value is -0.450. The van der Waals surface area contributed by atoms with Crippen molar-refractivity contribution in [1.29, 1.82) is 0 Å². The SMILES string of the molecule is OCCc1cnc(CC2CCOCC2)s1. The molecule has 0 atom stereocenters. The van der Waals surface area contributed by atoms with Crippen molar-refractivity contribution in [3.05, 3.63) is 16.1 Å². The van der Waals surface area contributed by atoms with Crippen LogP contribution in [0.2, 0.25) is 0 Å². The molecule has 0 bridgehead atoms. The average molecular weight is 227 g/mol. The van der Waals surface area contributed by atoms with Crippen molar-refractivity contribution in [3.63, 3.8) is 0 Å². The second kappa shape index (κ2) is 5.58. The molecule has 1 aromatic heterocycles. The van der Waals surface area contributed by atoms with Crippen LogP contribution < -0.4 is 0 Å². The first-order valence-corrected chi connectivity index (χ1v) is 6.32. The first-order chi connectivity index (χ1) is 7.38. The topological polar surface area (TPSA) is 42.4 Å². The van der Waals surface area contributed by atoms with E-state index in [0.29, 0.717) is 0 Å². The predicted molar refractivity (Wildman–Crippen MR) is 60.2 cm³/mol. The summed E-state index contributed by atoms with van der Waals surface area (Å²) in [5.74, 6) is 0.742. The number of hydrogen-bond donors (Lipinski definition) is 1. The van der Waals surface area contributed by atoms with E-state index >= 15 is 0 Å². The fourth-order valence-corrected chi connectivity index (χ4v) is 2.89. The van der Waals surface area contributed by atoms with Crippen LogP contribution in [0.15, 0.2) is 6.20 Å². The molecule has 3 nitrogen and oxygen atoms in total. The fraction of sp³-hybridized carbons (Fsp3) is 0.727. The predicted octanol–water partition coefficient (Wildman–Crippen LogP) is 1.65. The molecule has 1 aliphatic rings. The number of aliphatic hydroxyl groups is 1. The van der Waals surface area contributed by atoms with Gasteiger partial charge in [0, 0.05) is 43.7 Å². The van der Waals surface area contributed by atoms with Gasteiger partial charge in [-0.15, -0.1) is 11.3 Å². The van der Waals surface area contributed by atoms with Crippen LogP contribution in [0.1, 0.15) is 22.7 Å². The second-order valence-corrected chi connectivity index (χ2v) is 5.15. The number of hydrogen-bond acceptors (Lipinski definition) is 4. The van der Waals surface area contributed by atoms with Crippen molar-refractivity contribution in [2.45, 2.75) is 25.7 Å². The number of aliphatic hydroxyl groups excluding tert-OH is 1. The largest absolute Gasteiger partial charge is 0.396 e. The minimum Gasteiger partial charge on any atom is -0.396 e. The Kier molecular flexibility index (Phi) is 4.11. The molecular formula is C11H17NO2S. The molecule has 1 aromatic rings. The Morgan fingerprint density at radius 1 is 1.47 bits per heavy atom. The molecule has 4 heteroatoms. The smallest absolute Gasteiger partial charge is 0.0930 e. The summed E-state index contributed by atoms with van der Waals surface area (Å²) >= 11 is 1.74. The monoisotopic (exact) mass is 227 g/mol. The molecule has 15 heavy (non-hydrogen) atoms. The van der Waals surface area contributed by atoms with Crippen molar-refractivity contribution in [3.8, 4) is 0 Å².